The third-order valence-electron chi connectivity index (χ3n) is 12.4. The van der Waals surface area contributed by atoms with E-state index in [4.69, 9.17) is 4.74 Å². The summed E-state index contributed by atoms with van der Waals surface area (Å²) in [5, 5.41) is 7.96. The minimum atomic E-state index is -3.02. The molecule has 51 heavy (non-hydrogen) atoms. The first-order valence-corrected chi connectivity index (χ1v) is 20.5. The van der Waals surface area contributed by atoms with E-state index in [1.807, 2.05) is 13.8 Å². The number of likely N-dealkylation sites (tertiary alicyclic amines) is 2. The van der Waals surface area contributed by atoms with Crippen molar-refractivity contribution in [3.8, 4) is 22.8 Å². The number of piperidine rings is 1. The van der Waals surface area contributed by atoms with E-state index in [0.29, 0.717) is 52.8 Å². The molecule has 1 atom stereocenters. The van der Waals surface area contributed by atoms with Gasteiger partial charge in [-0.15, -0.1) is 10.2 Å². The minimum Gasteiger partial charge on any atom is -0.434 e. The molecule has 3 saturated heterocycles. The number of aromatic nitrogens is 5. The van der Waals surface area contributed by atoms with Gasteiger partial charge in [-0.25, -0.2) is 27.8 Å². The molecule has 5 aliphatic rings. The molecule has 3 aliphatic heterocycles. The molecule has 0 unspecified atom stereocenters. The molecule has 5 heterocycles. The van der Waals surface area contributed by atoms with E-state index in [1.54, 1.807) is 18.6 Å². The van der Waals surface area contributed by atoms with E-state index in [1.165, 1.54) is 31.3 Å². The molecule has 274 valence electrons. The number of hydrogen-bond donors (Lipinski definition) is 0. The lowest BCUT2D eigenvalue weighted by Crippen LogP contribution is -2.65. The summed E-state index contributed by atoms with van der Waals surface area (Å²) in [6, 6.07) is 5.65. The maximum Gasteiger partial charge on any atom is 0.282 e. The fourth-order valence-corrected chi connectivity index (χ4v) is 11.1. The van der Waals surface area contributed by atoms with Gasteiger partial charge in [0.15, 0.2) is 15.7 Å². The van der Waals surface area contributed by atoms with E-state index in [-0.39, 0.29) is 21.7 Å². The van der Waals surface area contributed by atoms with Crippen molar-refractivity contribution in [2.45, 2.75) is 101 Å². The highest BCUT2D eigenvalue weighted by atomic mass is 32.2. The molecule has 2 aliphatic carbocycles. The average molecular weight is 719 g/mol. The van der Waals surface area contributed by atoms with Gasteiger partial charge < -0.3 is 14.5 Å². The third kappa shape index (κ3) is 6.74. The molecule has 0 radical (unpaired) electrons. The zero-order valence-electron chi connectivity index (χ0n) is 30.3. The van der Waals surface area contributed by atoms with Gasteiger partial charge in [-0.05, 0) is 102 Å². The Hall–Kier alpha value is -3.29. The highest BCUT2D eigenvalue weighted by Crippen LogP contribution is 2.49. The minimum absolute atomic E-state index is 0.179. The van der Waals surface area contributed by atoms with Crippen molar-refractivity contribution < 1.29 is 17.5 Å². The van der Waals surface area contributed by atoms with E-state index < -0.39 is 9.84 Å². The molecule has 2 aromatic heterocycles. The van der Waals surface area contributed by atoms with Crippen LogP contribution in [-0.4, -0.2) is 105 Å². The molecule has 8 rings (SSSR count). The van der Waals surface area contributed by atoms with E-state index in [2.05, 4.69) is 53.7 Å². The molecular formula is C38H51FN8O3S. The van der Waals surface area contributed by atoms with Gasteiger partial charge in [0, 0.05) is 66.9 Å². The summed E-state index contributed by atoms with van der Waals surface area (Å²) in [5.41, 5.74) is 2.50. The Morgan fingerprint density at radius 3 is 2.41 bits per heavy atom. The number of ether oxygens (including phenoxy) is 1. The zero-order valence-corrected chi connectivity index (χ0v) is 31.1. The Morgan fingerprint density at radius 1 is 0.941 bits per heavy atom. The molecule has 0 bridgehead atoms. The molecule has 1 aromatic carbocycles. The molecule has 2 saturated carbocycles. The van der Waals surface area contributed by atoms with Crippen molar-refractivity contribution in [2.24, 2.45) is 17.3 Å². The van der Waals surface area contributed by atoms with Crippen LogP contribution in [0.2, 0.25) is 0 Å². The van der Waals surface area contributed by atoms with Crippen molar-refractivity contribution in [1.29, 1.82) is 0 Å². The Balaban J connectivity index is 0.900. The highest BCUT2D eigenvalue weighted by Gasteiger charge is 2.53. The first-order chi connectivity index (χ1) is 24.5. The monoisotopic (exact) mass is 718 g/mol. The number of sulfone groups is 1. The first kappa shape index (κ1) is 34.8. The summed E-state index contributed by atoms with van der Waals surface area (Å²) < 4.78 is 46.5. The number of halogens is 1. The van der Waals surface area contributed by atoms with Crippen LogP contribution in [0.5, 0.6) is 11.6 Å². The largest absolute Gasteiger partial charge is 0.434 e. The molecule has 0 amide bonds. The van der Waals surface area contributed by atoms with E-state index >= 15 is 0 Å². The summed E-state index contributed by atoms with van der Waals surface area (Å²) in [6.45, 7) is 14.0. The average Bonchev–Trinajstić information content (AvgIpc) is 3.84. The Labute approximate surface area is 301 Å². The fraction of sp³-hybridized carbons (Fsp3) is 0.658. The SMILES string of the molecule is CC(C)[C@H](C1CC(N2CCC(S(=O)(=O)C(C)C)CC2)C1)N1CC2(CCN(c3ncnnc3Oc3ccc(F)cc3-c3cncnc3C3CC3)C2)C1. The second-order valence-corrected chi connectivity index (χ2v) is 19.3. The predicted octanol–water partition coefficient (Wildman–Crippen LogP) is 5.74. The van der Waals surface area contributed by atoms with Crippen molar-refractivity contribution in [2.75, 3.05) is 44.2 Å². The van der Waals surface area contributed by atoms with Crippen LogP contribution in [0.15, 0.2) is 37.1 Å². The van der Waals surface area contributed by atoms with Crippen LogP contribution in [0.1, 0.15) is 84.3 Å². The lowest BCUT2D eigenvalue weighted by Gasteiger charge is -2.58. The van der Waals surface area contributed by atoms with Crippen LogP contribution in [-0.2, 0) is 9.84 Å². The molecular weight excluding hydrogens is 668 g/mol. The standard InChI is InChI=1S/C38H51FN8O3S/c1-24(2)35(27-15-29(16-27)45-12-9-30(10-13-45)51(48,49)25(3)4)47-20-38(21-47)11-14-46(19-38)36-37(44-43-23-42-36)50-33-8-7-28(39)17-31(33)32-18-40-22-41-34(32)26-5-6-26/h7-8,17-18,22-27,29-30,35H,5-6,9-16,19-21H2,1-4H3/t27?,29?,35-/m1/s1. The van der Waals surface area contributed by atoms with Gasteiger partial charge in [0.2, 0.25) is 0 Å². The second-order valence-electron chi connectivity index (χ2n) is 16.5. The molecule has 3 aromatic rings. The second kappa shape index (κ2) is 13.6. The van der Waals surface area contributed by atoms with E-state index in [0.717, 1.165) is 82.6 Å². The van der Waals surface area contributed by atoms with Crippen molar-refractivity contribution in [3.05, 3.63) is 48.6 Å². The van der Waals surface area contributed by atoms with Crippen LogP contribution in [0, 0.1) is 23.1 Å². The van der Waals surface area contributed by atoms with E-state index in [9.17, 15) is 12.8 Å². The van der Waals surface area contributed by atoms with Crippen LogP contribution in [0.3, 0.4) is 0 Å². The maximum absolute atomic E-state index is 14.6. The summed E-state index contributed by atoms with van der Waals surface area (Å²) in [4.78, 5) is 21.0. The fourth-order valence-electron chi connectivity index (χ4n) is 9.50. The third-order valence-corrected chi connectivity index (χ3v) is 15.1. The number of benzene rings is 1. The molecule has 13 heteroatoms. The lowest BCUT2D eigenvalue weighted by molar-refractivity contribution is -0.0813. The Bertz CT molecular complexity index is 1840. The topological polar surface area (TPSA) is 118 Å². The van der Waals surface area contributed by atoms with Gasteiger partial charge in [-0.2, -0.15) is 0 Å². The molecule has 1 spiro atoms. The van der Waals surface area contributed by atoms with Crippen molar-refractivity contribution in [1.82, 2.24) is 34.9 Å². The number of nitrogens with zero attached hydrogens (tertiary/aromatic N) is 8. The molecule has 0 N–H and O–H groups in total. The van der Waals surface area contributed by atoms with Gasteiger partial charge in [0.1, 0.15) is 24.2 Å². The van der Waals surface area contributed by atoms with Crippen LogP contribution in [0.4, 0.5) is 10.2 Å². The number of anilines is 1. The van der Waals surface area contributed by atoms with Gasteiger partial charge in [0.05, 0.1) is 16.2 Å². The van der Waals surface area contributed by atoms with Gasteiger partial charge in [0.25, 0.3) is 5.88 Å². The highest BCUT2D eigenvalue weighted by molar-refractivity contribution is 7.92. The Kier molecular flexibility index (Phi) is 9.27. The number of hydrogen-bond acceptors (Lipinski definition) is 11. The summed E-state index contributed by atoms with van der Waals surface area (Å²) >= 11 is 0. The van der Waals surface area contributed by atoms with Crippen LogP contribution < -0.4 is 9.64 Å². The molecule has 11 nitrogen and oxygen atoms in total. The normalized spacial score (nSPS) is 25.0. The Morgan fingerprint density at radius 2 is 1.71 bits per heavy atom. The zero-order chi connectivity index (χ0) is 35.5. The summed E-state index contributed by atoms with van der Waals surface area (Å²) in [5.74, 6) is 2.70. The van der Waals surface area contributed by atoms with Crippen LogP contribution >= 0.6 is 0 Å². The smallest absolute Gasteiger partial charge is 0.282 e. The summed E-state index contributed by atoms with van der Waals surface area (Å²) in [6.07, 6.45) is 11.9. The lowest BCUT2D eigenvalue weighted by atomic mass is 9.68. The quantitative estimate of drug-likeness (QED) is 0.242. The first-order valence-electron chi connectivity index (χ1n) is 18.9. The predicted molar refractivity (Wildman–Crippen MR) is 194 cm³/mol. The van der Waals surface area contributed by atoms with Crippen molar-refractivity contribution >= 4 is 15.7 Å². The van der Waals surface area contributed by atoms with Crippen molar-refractivity contribution in [3.63, 3.8) is 0 Å². The summed E-state index contributed by atoms with van der Waals surface area (Å²) in [7, 11) is -3.02. The number of rotatable bonds is 11. The molecule has 5 fully saturated rings. The van der Waals surface area contributed by atoms with Crippen LogP contribution in [0.25, 0.3) is 11.1 Å². The maximum atomic E-state index is 14.6. The van der Waals surface area contributed by atoms with Gasteiger partial charge >= 0.3 is 0 Å². The van der Waals surface area contributed by atoms with Gasteiger partial charge in [-0.3, -0.25) is 4.90 Å². The van der Waals surface area contributed by atoms with Gasteiger partial charge in [-0.1, -0.05) is 13.8 Å².